The Morgan fingerprint density at radius 2 is 1.51 bits per heavy atom. The van der Waals surface area contributed by atoms with Crippen LogP contribution in [0.1, 0.15) is 38.8 Å². The Kier molecular flexibility index (Phi) is 9.47. The van der Waals surface area contributed by atoms with E-state index >= 15 is 0 Å². The molecule has 7 nitrogen and oxygen atoms in total. The molecule has 0 bridgehead atoms. The van der Waals surface area contributed by atoms with Crippen LogP contribution in [-0.4, -0.2) is 43.3 Å². The quantitative estimate of drug-likeness (QED) is 0.338. The first kappa shape index (κ1) is 31.6. The Morgan fingerprint density at radius 3 is 2.10 bits per heavy atom. The van der Waals surface area contributed by atoms with E-state index in [2.05, 4.69) is 5.32 Å². The molecule has 1 unspecified atom stereocenters. The highest BCUT2D eigenvalue weighted by molar-refractivity contribution is 7.92. The number of hydrogen-bond acceptors (Lipinski definition) is 4. The Balaban J connectivity index is 2.10. The van der Waals surface area contributed by atoms with E-state index in [1.165, 1.54) is 55.5 Å². The molecule has 1 N–H and O–H groups in total. The lowest BCUT2D eigenvalue weighted by Gasteiger charge is -2.33. The van der Waals surface area contributed by atoms with Gasteiger partial charge < -0.3 is 10.2 Å². The molecule has 0 aromatic heterocycles. The van der Waals surface area contributed by atoms with Gasteiger partial charge in [-0.1, -0.05) is 42.5 Å². The maximum absolute atomic E-state index is 14.6. The van der Waals surface area contributed by atoms with Crippen LogP contribution in [0.25, 0.3) is 0 Å². The number of nitrogens with one attached hydrogen (secondary N) is 1. The van der Waals surface area contributed by atoms with E-state index in [1.807, 2.05) is 0 Å². The summed E-state index contributed by atoms with van der Waals surface area (Å²) in [7, 11) is -4.56. The number of amides is 2. The van der Waals surface area contributed by atoms with Crippen LogP contribution in [0.5, 0.6) is 0 Å². The normalized spacial score (nSPS) is 12.9. The lowest BCUT2D eigenvalue weighted by molar-refractivity contribution is -0.140. The van der Waals surface area contributed by atoms with Gasteiger partial charge in [0.05, 0.1) is 16.1 Å². The highest BCUT2D eigenvalue weighted by atomic mass is 32.2. The standard InChI is InChI=1S/C29H31F4N3O4S/c1-20(27(38)34-28(2,3)4)35(18-21-11-8-9-16-25(21)30)26(37)19-36(41(39,40)24-14-6-5-7-15-24)23-13-10-12-22(17-23)29(31,32)33/h5-17,20H,18-19H2,1-4H3,(H,34,38). The predicted molar refractivity (Wildman–Crippen MR) is 147 cm³/mol. The zero-order chi connectivity index (χ0) is 30.6. The fourth-order valence-corrected chi connectivity index (χ4v) is 5.38. The van der Waals surface area contributed by atoms with E-state index < -0.39 is 69.8 Å². The number of sulfonamides is 1. The third-order valence-corrected chi connectivity index (χ3v) is 7.82. The van der Waals surface area contributed by atoms with Crippen LogP contribution < -0.4 is 9.62 Å². The molecule has 0 saturated carbocycles. The predicted octanol–water partition coefficient (Wildman–Crippen LogP) is 5.37. The molecule has 3 aromatic carbocycles. The van der Waals surface area contributed by atoms with Gasteiger partial charge in [0.15, 0.2) is 0 Å². The summed E-state index contributed by atoms with van der Waals surface area (Å²) in [5, 5.41) is 2.74. The largest absolute Gasteiger partial charge is 0.416 e. The second-order valence-corrected chi connectivity index (χ2v) is 12.3. The molecule has 0 aliphatic rings. The highest BCUT2D eigenvalue weighted by Crippen LogP contribution is 2.33. The molecule has 2 amide bonds. The fraction of sp³-hybridized carbons (Fsp3) is 0.310. The minimum Gasteiger partial charge on any atom is -0.350 e. The Morgan fingerprint density at radius 1 is 0.902 bits per heavy atom. The van der Waals surface area contributed by atoms with Crippen LogP contribution >= 0.6 is 0 Å². The molecular formula is C29H31F4N3O4S. The maximum atomic E-state index is 14.6. The van der Waals surface area contributed by atoms with Crippen LogP contribution in [0.15, 0.2) is 83.8 Å². The smallest absolute Gasteiger partial charge is 0.350 e. The fourth-order valence-electron chi connectivity index (χ4n) is 3.95. The Bertz CT molecular complexity index is 1490. The van der Waals surface area contributed by atoms with Crippen molar-refractivity contribution in [2.75, 3.05) is 10.8 Å². The minimum absolute atomic E-state index is 0.0628. The molecular weight excluding hydrogens is 562 g/mol. The number of rotatable bonds is 9. The van der Waals surface area contributed by atoms with E-state index in [1.54, 1.807) is 26.8 Å². The molecule has 0 fully saturated rings. The number of hydrogen-bond donors (Lipinski definition) is 1. The molecule has 0 heterocycles. The molecule has 12 heteroatoms. The topological polar surface area (TPSA) is 86.8 Å². The van der Waals surface area contributed by atoms with Crippen LogP contribution in [0.2, 0.25) is 0 Å². The zero-order valence-corrected chi connectivity index (χ0v) is 23.8. The number of carbonyl (C=O) groups is 2. The van der Waals surface area contributed by atoms with Gasteiger partial charge in [0, 0.05) is 17.6 Å². The van der Waals surface area contributed by atoms with E-state index in [-0.39, 0.29) is 10.5 Å². The summed E-state index contributed by atoms with van der Waals surface area (Å²) < 4.78 is 83.1. The van der Waals surface area contributed by atoms with Crippen molar-refractivity contribution < 1.29 is 35.6 Å². The van der Waals surface area contributed by atoms with E-state index in [9.17, 15) is 35.6 Å². The molecule has 0 saturated heterocycles. The summed E-state index contributed by atoms with van der Waals surface area (Å²) in [5.74, 6) is -2.17. The molecule has 41 heavy (non-hydrogen) atoms. The van der Waals surface area contributed by atoms with Gasteiger partial charge >= 0.3 is 6.18 Å². The monoisotopic (exact) mass is 593 g/mol. The van der Waals surface area contributed by atoms with E-state index in [0.29, 0.717) is 10.4 Å². The summed E-state index contributed by atoms with van der Waals surface area (Å²) >= 11 is 0. The number of alkyl halides is 3. The second kappa shape index (κ2) is 12.3. The average molecular weight is 594 g/mol. The second-order valence-electron chi connectivity index (χ2n) is 10.4. The van der Waals surface area contributed by atoms with Crippen molar-refractivity contribution in [2.24, 2.45) is 0 Å². The van der Waals surface area contributed by atoms with Crippen molar-refractivity contribution >= 4 is 27.5 Å². The number of anilines is 1. The van der Waals surface area contributed by atoms with Gasteiger partial charge in [-0.2, -0.15) is 13.2 Å². The summed E-state index contributed by atoms with van der Waals surface area (Å²) in [6, 6.07) is 14.9. The SMILES string of the molecule is CC(C(=O)NC(C)(C)C)N(Cc1ccccc1F)C(=O)CN(c1cccc(C(F)(F)F)c1)S(=O)(=O)c1ccccc1. The highest BCUT2D eigenvalue weighted by Gasteiger charge is 2.36. The summed E-state index contributed by atoms with van der Waals surface area (Å²) in [5.41, 5.74) is -2.14. The molecule has 0 spiro atoms. The van der Waals surface area contributed by atoms with Crippen molar-refractivity contribution in [3.63, 3.8) is 0 Å². The molecule has 3 rings (SSSR count). The number of carbonyl (C=O) groups excluding carboxylic acids is 2. The van der Waals surface area contributed by atoms with Gasteiger partial charge in [0.2, 0.25) is 11.8 Å². The first-order chi connectivity index (χ1) is 19.0. The van der Waals surface area contributed by atoms with Gasteiger partial charge in [0.25, 0.3) is 10.0 Å². The van der Waals surface area contributed by atoms with Crippen LogP contribution in [0.3, 0.4) is 0 Å². The number of benzene rings is 3. The maximum Gasteiger partial charge on any atom is 0.416 e. The van der Waals surface area contributed by atoms with Gasteiger partial charge in [-0.15, -0.1) is 0 Å². The summed E-state index contributed by atoms with van der Waals surface area (Å²) in [6.07, 6.45) is -4.78. The summed E-state index contributed by atoms with van der Waals surface area (Å²) in [4.78, 5) is 27.6. The number of halogens is 4. The van der Waals surface area contributed by atoms with Crippen LogP contribution in [0.4, 0.5) is 23.2 Å². The summed E-state index contributed by atoms with van der Waals surface area (Å²) in [6.45, 7) is 5.22. The van der Waals surface area contributed by atoms with Crippen molar-refractivity contribution in [2.45, 2.75) is 56.9 Å². The average Bonchev–Trinajstić information content (AvgIpc) is 2.89. The van der Waals surface area contributed by atoms with Crippen LogP contribution in [-0.2, 0) is 32.3 Å². The zero-order valence-electron chi connectivity index (χ0n) is 22.9. The van der Waals surface area contributed by atoms with E-state index in [4.69, 9.17) is 0 Å². The Labute approximate surface area is 236 Å². The Hall–Kier alpha value is -3.93. The van der Waals surface area contributed by atoms with Gasteiger partial charge in [-0.25, -0.2) is 12.8 Å². The molecule has 0 aliphatic carbocycles. The third kappa shape index (κ3) is 8.06. The van der Waals surface area contributed by atoms with Crippen molar-refractivity contribution in [1.82, 2.24) is 10.2 Å². The van der Waals surface area contributed by atoms with Gasteiger partial charge in [-0.3, -0.25) is 13.9 Å². The first-order valence-corrected chi connectivity index (χ1v) is 14.0. The molecule has 0 aliphatic heterocycles. The van der Waals surface area contributed by atoms with Gasteiger partial charge in [-0.05, 0) is 64.1 Å². The van der Waals surface area contributed by atoms with Crippen molar-refractivity contribution in [1.29, 1.82) is 0 Å². The molecule has 220 valence electrons. The van der Waals surface area contributed by atoms with Crippen molar-refractivity contribution in [3.8, 4) is 0 Å². The first-order valence-electron chi connectivity index (χ1n) is 12.6. The van der Waals surface area contributed by atoms with E-state index in [0.717, 1.165) is 23.1 Å². The molecule has 0 radical (unpaired) electrons. The van der Waals surface area contributed by atoms with Gasteiger partial charge in [0.1, 0.15) is 18.4 Å². The lowest BCUT2D eigenvalue weighted by Crippen LogP contribution is -2.54. The third-order valence-electron chi connectivity index (χ3n) is 6.04. The number of nitrogens with zero attached hydrogens (tertiary/aromatic N) is 2. The molecule has 1 atom stereocenters. The molecule has 3 aromatic rings. The lowest BCUT2D eigenvalue weighted by atomic mass is 10.1. The van der Waals surface area contributed by atoms with Crippen molar-refractivity contribution in [3.05, 3.63) is 95.8 Å². The minimum atomic E-state index is -4.78. The van der Waals surface area contributed by atoms with Crippen LogP contribution in [0, 0.1) is 5.82 Å².